The maximum absolute atomic E-state index is 12.6. The van der Waals surface area contributed by atoms with E-state index in [-0.39, 0.29) is 11.5 Å². The second-order valence-corrected chi connectivity index (χ2v) is 8.10. The molecule has 0 fully saturated rings. The van der Waals surface area contributed by atoms with Gasteiger partial charge in [-0.2, -0.15) is 15.0 Å². The second-order valence-electron chi connectivity index (χ2n) is 6.24. The molecule has 8 nitrogen and oxygen atoms in total. The van der Waals surface area contributed by atoms with Crippen molar-refractivity contribution < 1.29 is 0 Å². The predicted octanol–water partition coefficient (Wildman–Crippen LogP) is 3.59. The van der Waals surface area contributed by atoms with E-state index >= 15 is 0 Å². The van der Waals surface area contributed by atoms with Crippen LogP contribution in [-0.4, -0.2) is 24.5 Å². The number of anilines is 3. The summed E-state index contributed by atoms with van der Waals surface area (Å²) < 4.78 is 2.34. The lowest BCUT2D eigenvalue weighted by atomic mass is 10.2. The van der Waals surface area contributed by atoms with E-state index in [4.69, 9.17) is 5.73 Å². The zero-order valence-electron chi connectivity index (χ0n) is 15.9. The highest BCUT2D eigenvalue weighted by Gasteiger charge is 2.13. The topological polar surface area (TPSA) is 112 Å². The van der Waals surface area contributed by atoms with Gasteiger partial charge in [0.05, 0.1) is 11.3 Å². The van der Waals surface area contributed by atoms with Crippen LogP contribution in [0, 0.1) is 6.92 Å². The third-order valence-electron chi connectivity index (χ3n) is 4.27. The monoisotopic (exact) mass is 425 g/mol. The van der Waals surface area contributed by atoms with Gasteiger partial charge in [-0.15, -0.1) is 11.3 Å². The number of aromatic nitrogens is 5. The lowest BCUT2D eigenvalue weighted by Crippen LogP contribution is -2.21. The number of rotatable bonds is 6. The summed E-state index contributed by atoms with van der Waals surface area (Å²) in [6, 6.07) is 9.71. The Bertz CT molecular complexity index is 1230. The molecule has 10 heteroatoms. The van der Waals surface area contributed by atoms with Crippen LogP contribution in [0.25, 0.3) is 10.2 Å². The highest BCUT2D eigenvalue weighted by Crippen LogP contribution is 2.24. The molecule has 4 aromatic rings. The molecule has 148 valence electrons. The molecule has 0 amide bonds. The molecule has 0 unspecified atom stereocenters. The lowest BCUT2D eigenvalue weighted by molar-refractivity contribution is 0.635. The molecule has 3 aromatic heterocycles. The summed E-state index contributed by atoms with van der Waals surface area (Å²) >= 11 is 2.81. The molecular weight excluding hydrogens is 406 g/mol. The smallest absolute Gasteiger partial charge is 0.272 e. The highest BCUT2D eigenvalue weighted by atomic mass is 32.2. The van der Waals surface area contributed by atoms with E-state index < -0.39 is 0 Å². The van der Waals surface area contributed by atoms with Crippen LogP contribution in [0.5, 0.6) is 0 Å². The van der Waals surface area contributed by atoms with Crippen LogP contribution in [0.2, 0.25) is 0 Å². The van der Waals surface area contributed by atoms with Gasteiger partial charge in [-0.1, -0.05) is 30.0 Å². The zero-order chi connectivity index (χ0) is 20.4. The third kappa shape index (κ3) is 4.08. The first-order valence-electron chi connectivity index (χ1n) is 8.99. The molecule has 0 spiro atoms. The van der Waals surface area contributed by atoms with Gasteiger partial charge in [0, 0.05) is 12.2 Å². The summed E-state index contributed by atoms with van der Waals surface area (Å²) in [7, 11) is 0. The number of para-hydroxylation sites is 1. The average molecular weight is 426 g/mol. The van der Waals surface area contributed by atoms with Crippen LogP contribution in [0.4, 0.5) is 17.6 Å². The van der Waals surface area contributed by atoms with E-state index in [0.717, 1.165) is 11.3 Å². The molecule has 0 aliphatic rings. The second kappa shape index (κ2) is 8.18. The van der Waals surface area contributed by atoms with Crippen molar-refractivity contribution in [2.45, 2.75) is 31.3 Å². The van der Waals surface area contributed by atoms with E-state index in [9.17, 15) is 4.79 Å². The fraction of sp³-hybridized carbons (Fsp3) is 0.211. The molecule has 3 heterocycles. The number of hydrogen-bond donors (Lipinski definition) is 2. The Morgan fingerprint density at radius 3 is 2.79 bits per heavy atom. The lowest BCUT2D eigenvalue weighted by Gasteiger charge is -2.11. The predicted molar refractivity (Wildman–Crippen MR) is 118 cm³/mol. The Balaban J connectivity index is 1.59. The summed E-state index contributed by atoms with van der Waals surface area (Å²) in [4.78, 5) is 30.1. The number of aryl methyl sites for hydroxylation is 1. The van der Waals surface area contributed by atoms with Crippen LogP contribution in [0.3, 0.4) is 0 Å². The number of nitrogen functional groups attached to an aromatic ring is 1. The molecule has 0 saturated carbocycles. The number of nitrogens with two attached hydrogens (primary N) is 1. The van der Waals surface area contributed by atoms with Crippen LogP contribution in [-0.2, 0) is 12.3 Å². The first-order chi connectivity index (χ1) is 14.0. The first-order valence-corrected chi connectivity index (χ1v) is 10.9. The number of benzene rings is 1. The molecular formula is C19H19N7OS2. The average Bonchev–Trinajstić information content (AvgIpc) is 3.17. The number of fused-ring (bicyclic) bond motifs is 1. The molecule has 0 aliphatic heterocycles. The van der Waals surface area contributed by atoms with E-state index in [1.807, 2.05) is 49.6 Å². The Morgan fingerprint density at radius 1 is 1.17 bits per heavy atom. The van der Waals surface area contributed by atoms with Gasteiger partial charge in [0.2, 0.25) is 11.9 Å². The van der Waals surface area contributed by atoms with Gasteiger partial charge in [-0.25, -0.2) is 4.98 Å². The molecule has 3 N–H and O–H groups in total. The van der Waals surface area contributed by atoms with Gasteiger partial charge in [0.1, 0.15) is 10.5 Å². The molecule has 0 atom stereocenters. The molecule has 1 aromatic carbocycles. The number of hydrogen-bond acceptors (Lipinski definition) is 9. The van der Waals surface area contributed by atoms with Crippen molar-refractivity contribution >= 4 is 50.9 Å². The van der Waals surface area contributed by atoms with Crippen molar-refractivity contribution in [1.82, 2.24) is 24.5 Å². The van der Waals surface area contributed by atoms with Gasteiger partial charge >= 0.3 is 0 Å². The first kappa shape index (κ1) is 19.3. The zero-order valence-corrected chi connectivity index (χ0v) is 17.5. The van der Waals surface area contributed by atoms with Crippen molar-refractivity contribution in [3.63, 3.8) is 0 Å². The molecule has 0 saturated heterocycles. The van der Waals surface area contributed by atoms with Gasteiger partial charge in [0.15, 0.2) is 5.16 Å². The molecule has 4 rings (SSSR count). The van der Waals surface area contributed by atoms with Crippen LogP contribution in [0.15, 0.2) is 45.7 Å². The largest absolute Gasteiger partial charge is 0.368 e. The fourth-order valence-electron chi connectivity index (χ4n) is 2.83. The Kier molecular flexibility index (Phi) is 5.45. The third-order valence-corrected chi connectivity index (χ3v) is 6.13. The maximum atomic E-state index is 12.6. The van der Waals surface area contributed by atoms with Gasteiger partial charge < -0.3 is 11.1 Å². The van der Waals surface area contributed by atoms with Gasteiger partial charge in [0.25, 0.3) is 5.56 Å². The fourth-order valence-corrected chi connectivity index (χ4v) is 4.53. The Morgan fingerprint density at radius 2 is 2.00 bits per heavy atom. The van der Waals surface area contributed by atoms with Crippen molar-refractivity contribution in [2.75, 3.05) is 11.1 Å². The number of nitrogens with zero attached hydrogens (tertiary/aromatic N) is 5. The van der Waals surface area contributed by atoms with Gasteiger partial charge in [-0.3, -0.25) is 9.36 Å². The van der Waals surface area contributed by atoms with E-state index in [0.29, 0.717) is 39.4 Å². The quantitative estimate of drug-likeness (QED) is 0.356. The summed E-state index contributed by atoms with van der Waals surface area (Å²) in [6.07, 6.45) is 0. The summed E-state index contributed by atoms with van der Waals surface area (Å²) in [6.45, 7) is 4.47. The minimum atomic E-state index is -0.0212. The van der Waals surface area contributed by atoms with Crippen molar-refractivity contribution in [2.24, 2.45) is 0 Å². The summed E-state index contributed by atoms with van der Waals surface area (Å²) in [5, 5.41) is 5.70. The van der Waals surface area contributed by atoms with Crippen molar-refractivity contribution in [1.29, 1.82) is 0 Å². The number of thioether (sulfide) groups is 1. The molecule has 0 bridgehead atoms. The van der Waals surface area contributed by atoms with E-state index in [1.165, 1.54) is 23.1 Å². The summed E-state index contributed by atoms with van der Waals surface area (Å²) in [5.74, 6) is 1.45. The standard InChI is InChI=1S/C19H19N7OS2/c1-3-26-16(27)15-13(8-9-28-15)22-19(26)29-10-14-23-17(20)25-18(24-14)21-12-7-5-4-6-11(12)2/h4-9H,3,10H2,1-2H3,(H3,20,21,23,24,25). The van der Waals surface area contributed by atoms with Crippen molar-refractivity contribution in [3.05, 3.63) is 57.5 Å². The number of nitrogens with one attached hydrogen (secondary N) is 1. The Hall–Kier alpha value is -2.98. The SMILES string of the molecule is CCn1c(SCc2nc(N)nc(Nc3ccccc3C)n2)nc2ccsc2c1=O. The van der Waals surface area contributed by atoms with Crippen LogP contribution >= 0.6 is 23.1 Å². The number of thiophene rings is 1. The van der Waals surface area contributed by atoms with Gasteiger partial charge in [-0.05, 0) is 36.9 Å². The normalized spacial score (nSPS) is 11.1. The van der Waals surface area contributed by atoms with Crippen LogP contribution < -0.4 is 16.6 Å². The maximum Gasteiger partial charge on any atom is 0.272 e. The molecule has 0 radical (unpaired) electrons. The Labute approximate surface area is 175 Å². The molecule has 29 heavy (non-hydrogen) atoms. The minimum absolute atomic E-state index is 0.0212. The summed E-state index contributed by atoms with van der Waals surface area (Å²) in [5.41, 5.74) is 8.55. The minimum Gasteiger partial charge on any atom is -0.368 e. The molecule has 0 aliphatic carbocycles. The highest BCUT2D eigenvalue weighted by molar-refractivity contribution is 7.98. The van der Waals surface area contributed by atoms with E-state index in [2.05, 4.69) is 25.3 Å². The van der Waals surface area contributed by atoms with E-state index in [1.54, 1.807) is 4.57 Å². The van der Waals surface area contributed by atoms with Crippen molar-refractivity contribution in [3.8, 4) is 0 Å². The van der Waals surface area contributed by atoms with Crippen LogP contribution in [0.1, 0.15) is 18.3 Å².